The molecule has 1 saturated heterocycles. The molecule has 1 aromatic carbocycles. The van der Waals surface area contributed by atoms with Crippen LogP contribution in [-0.4, -0.2) is 41.1 Å². The Labute approximate surface area is 129 Å². The third kappa shape index (κ3) is 3.10. The first-order valence-electron chi connectivity index (χ1n) is 7.51. The zero-order valence-electron chi connectivity index (χ0n) is 12.6. The Bertz CT molecular complexity index is 648. The Kier molecular flexibility index (Phi) is 4.37. The molecule has 1 aliphatic heterocycles. The SMILES string of the molecule is COc1ccccc1-c1noc(CCC(=O)N2CCCC2)n1. The number of hydrogen-bond acceptors (Lipinski definition) is 5. The van der Waals surface area contributed by atoms with E-state index in [-0.39, 0.29) is 5.91 Å². The molecule has 6 nitrogen and oxygen atoms in total. The number of para-hydroxylation sites is 1. The molecule has 1 aromatic heterocycles. The van der Waals surface area contributed by atoms with Crippen LogP contribution in [-0.2, 0) is 11.2 Å². The summed E-state index contributed by atoms with van der Waals surface area (Å²) in [4.78, 5) is 18.3. The summed E-state index contributed by atoms with van der Waals surface area (Å²) in [6.07, 6.45) is 3.08. The molecule has 0 bridgehead atoms. The summed E-state index contributed by atoms with van der Waals surface area (Å²) in [5, 5.41) is 3.98. The Morgan fingerprint density at radius 2 is 2.09 bits per heavy atom. The lowest BCUT2D eigenvalue weighted by atomic mass is 10.2. The van der Waals surface area contributed by atoms with Gasteiger partial charge in [-0.15, -0.1) is 0 Å². The number of aryl methyl sites for hydroxylation is 1. The van der Waals surface area contributed by atoms with Crippen LogP contribution in [0.3, 0.4) is 0 Å². The number of rotatable bonds is 5. The third-order valence-corrected chi connectivity index (χ3v) is 3.83. The minimum absolute atomic E-state index is 0.162. The minimum Gasteiger partial charge on any atom is -0.496 e. The Morgan fingerprint density at radius 1 is 1.32 bits per heavy atom. The van der Waals surface area contributed by atoms with Gasteiger partial charge in [0.05, 0.1) is 12.7 Å². The number of nitrogens with zero attached hydrogens (tertiary/aromatic N) is 3. The lowest BCUT2D eigenvalue weighted by Crippen LogP contribution is -2.27. The summed E-state index contributed by atoms with van der Waals surface area (Å²) >= 11 is 0. The van der Waals surface area contributed by atoms with Crippen molar-refractivity contribution in [1.82, 2.24) is 15.0 Å². The van der Waals surface area contributed by atoms with Crippen molar-refractivity contribution in [3.8, 4) is 17.1 Å². The van der Waals surface area contributed by atoms with E-state index in [1.54, 1.807) is 7.11 Å². The Morgan fingerprint density at radius 3 is 2.86 bits per heavy atom. The van der Waals surface area contributed by atoms with Gasteiger partial charge in [0.25, 0.3) is 0 Å². The van der Waals surface area contributed by atoms with Crippen molar-refractivity contribution in [3.05, 3.63) is 30.2 Å². The molecule has 0 atom stereocenters. The van der Waals surface area contributed by atoms with Crippen molar-refractivity contribution in [1.29, 1.82) is 0 Å². The predicted molar refractivity (Wildman–Crippen MR) is 80.4 cm³/mol. The van der Waals surface area contributed by atoms with E-state index in [2.05, 4.69) is 10.1 Å². The minimum atomic E-state index is 0.162. The number of likely N-dealkylation sites (tertiary alicyclic amines) is 1. The molecule has 6 heteroatoms. The van der Waals surface area contributed by atoms with E-state index < -0.39 is 0 Å². The molecule has 116 valence electrons. The number of amides is 1. The van der Waals surface area contributed by atoms with E-state index in [1.165, 1.54) is 0 Å². The molecule has 0 spiro atoms. The lowest BCUT2D eigenvalue weighted by molar-refractivity contribution is -0.130. The van der Waals surface area contributed by atoms with E-state index in [0.717, 1.165) is 31.5 Å². The molecule has 0 saturated carbocycles. The molecule has 1 fully saturated rings. The molecule has 0 aliphatic carbocycles. The number of benzene rings is 1. The van der Waals surface area contributed by atoms with Crippen molar-refractivity contribution in [2.24, 2.45) is 0 Å². The first kappa shape index (κ1) is 14.6. The first-order chi connectivity index (χ1) is 10.8. The van der Waals surface area contributed by atoms with Crippen molar-refractivity contribution in [2.75, 3.05) is 20.2 Å². The van der Waals surface area contributed by atoms with Gasteiger partial charge in [-0.05, 0) is 25.0 Å². The molecule has 0 N–H and O–H groups in total. The number of ether oxygens (including phenoxy) is 1. The lowest BCUT2D eigenvalue weighted by Gasteiger charge is -2.13. The van der Waals surface area contributed by atoms with Crippen LogP contribution in [0.15, 0.2) is 28.8 Å². The first-order valence-corrected chi connectivity index (χ1v) is 7.51. The van der Waals surface area contributed by atoms with Gasteiger partial charge in [0.2, 0.25) is 17.6 Å². The van der Waals surface area contributed by atoms with E-state index in [4.69, 9.17) is 9.26 Å². The topological polar surface area (TPSA) is 68.5 Å². The van der Waals surface area contributed by atoms with Crippen molar-refractivity contribution >= 4 is 5.91 Å². The number of aromatic nitrogens is 2. The monoisotopic (exact) mass is 301 g/mol. The molecule has 2 aromatic rings. The number of carbonyl (C=O) groups excluding carboxylic acids is 1. The van der Waals surface area contributed by atoms with Gasteiger partial charge in [0.15, 0.2) is 0 Å². The highest BCUT2D eigenvalue weighted by atomic mass is 16.5. The molecule has 22 heavy (non-hydrogen) atoms. The maximum absolute atomic E-state index is 12.0. The van der Waals surface area contributed by atoms with Gasteiger partial charge in [-0.2, -0.15) is 4.98 Å². The number of carbonyl (C=O) groups is 1. The molecule has 0 unspecified atom stereocenters. The molecule has 0 radical (unpaired) electrons. The van der Waals surface area contributed by atoms with E-state index in [1.807, 2.05) is 29.2 Å². The number of hydrogen-bond donors (Lipinski definition) is 0. The summed E-state index contributed by atoms with van der Waals surface area (Å²) in [7, 11) is 1.61. The van der Waals surface area contributed by atoms with Crippen LogP contribution >= 0.6 is 0 Å². The quantitative estimate of drug-likeness (QED) is 0.847. The average molecular weight is 301 g/mol. The standard InChI is InChI=1S/C16H19N3O3/c1-21-13-7-3-2-6-12(13)16-17-14(22-18-16)8-9-15(20)19-10-4-5-11-19/h2-3,6-7H,4-5,8-11H2,1H3. The molecular formula is C16H19N3O3. The van der Waals surface area contributed by atoms with Crippen LogP contribution in [0.25, 0.3) is 11.4 Å². The van der Waals surface area contributed by atoms with Crippen LogP contribution in [0.4, 0.5) is 0 Å². The van der Waals surface area contributed by atoms with Gasteiger partial charge in [0, 0.05) is 25.9 Å². The Hall–Kier alpha value is -2.37. The fraction of sp³-hybridized carbons (Fsp3) is 0.438. The fourth-order valence-electron chi connectivity index (χ4n) is 2.63. The predicted octanol–water partition coefficient (Wildman–Crippen LogP) is 2.30. The molecular weight excluding hydrogens is 282 g/mol. The van der Waals surface area contributed by atoms with Crippen LogP contribution in [0, 0.1) is 0 Å². The molecule has 3 rings (SSSR count). The van der Waals surface area contributed by atoms with Crippen molar-refractivity contribution in [3.63, 3.8) is 0 Å². The van der Waals surface area contributed by atoms with Gasteiger partial charge in [-0.25, -0.2) is 0 Å². The van der Waals surface area contributed by atoms with E-state index in [9.17, 15) is 4.79 Å². The smallest absolute Gasteiger partial charge is 0.227 e. The van der Waals surface area contributed by atoms with Gasteiger partial charge in [-0.1, -0.05) is 17.3 Å². The molecule has 1 aliphatic rings. The van der Waals surface area contributed by atoms with Gasteiger partial charge >= 0.3 is 0 Å². The van der Waals surface area contributed by atoms with Gasteiger partial charge in [-0.3, -0.25) is 4.79 Å². The average Bonchev–Trinajstić information content (AvgIpc) is 3.24. The summed E-state index contributed by atoms with van der Waals surface area (Å²) in [6, 6.07) is 7.51. The second-order valence-corrected chi connectivity index (χ2v) is 5.30. The normalized spacial score (nSPS) is 14.3. The van der Waals surface area contributed by atoms with Crippen LogP contribution in [0.1, 0.15) is 25.2 Å². The van der Waals surface area contributed by atoms with Crippen LogP contribution in [0.2, 0.25) is 0 Å². The summed E-state index contributed by atoms with van der Waals surface area (Å²) in [5.41, 5.74) is 0.783. The zero-order valence-corrected chi connectivity index (χ0v) is 12.6. The zero-order chi connectivity index (χ0) is 15.4. The van der Waals surface area contributed by atoms with E-state index in [0.29, 0.717) is 30.3 Å². The largest absolute Gasteiger partial charge is 0.496 e. The maximum atomic E-state index is 12.0. The summed E-state index contributed by atoms with van der Waals surface area (Å²) in [6.45, 7) is 1.74. The summed E-state index contributed by atoms with van der Waals surface area (Å²) in [5.74, 6) is 1.83. The highest BCUT2D eigenvalue weighted by Crippen LogP contribution is 2.27. The number of methoxy groups -OCH3 is 1. The summed E-state index contributed by atoms with van der Waals surface area (Å²) < 4.78 is 10.5. The Balaban J connectivity index is 1.65. The van der Waals surface area contributed by atoms with Gasteiger partial charge < -0.3 is 14.2 Å². The highest BCUT2D eigenvalue weighted by molar-refractivity contribution is 5.76. The molecule has 2 heterocycles. The molecule has 1 amide bonds. The highest BCUT2D eigenvalue weighted by Gasteiger charge is 2.19. The van der Waals surface area contributed by atoms with Crippen molar-refractivity contribution in [2.45, 2.75) is 25.7 Å². The van der Waals surface area contributed by atoms with Crippen molar-refractivity contribution < 1.29 is 14.1 Å². The second kappa shape index (κ2) is 6.60. The van der Waals surface area contributed by atoms with E-state index >= 15 is 0 Å². The fourth-order valence-corrected chi connectivity index (χ4v) is 2.63. The second-order valence-electron chi connectivity index (χ2n) is 5.30. The van der Waals surface area contributed by atoms with Crippen LogP contribution < -0.4 is 4.74 Å². The third-order valence-electron chi connectivity index (χ3n) is 3.83. The van der Waals surface area contributed by atoms with Crippen LogP contribution in [0.5, 0.6) is 5.75 Å². The maximum Gasteiger partial charge on any atom is 0.227 e. The van der Waals surface area contributed by atoms with Gasteiger partial charge in [0.1, 0.15) is 5.75 Å².